The van der Waals surface area contributed by atoms with Gasteiger partial charge in [-0.3, -0.25) is 4.79 Å². The lowest BCUT2D eigenvalue weighted by Crippen LogP contribution is -2.44. The zero-order valence-corrected chi connectivity index (χ0v) is 6.52. The van der Waals surface area contributed by atoms with E-state index in [0.29, 0.717) is 0 Å². The summed E-state index contributed by atoms with van der Waals surface area (Å²) in [6, 6.07) is 0. The van der Waals surface area contributed by atoms with Crippen LogP contribution < -0.4 is 0 Å². The van der Waals surface area contributed by atoms with E-state index < -0.39 is 18.2 Å². The summed E-state index contributed by atoms with van der Waals surface area (Å²) in [5, 5.41) is 0. The molecule has 0 rings (SSSR count). The third kappa shape index (κ3) is 2.25. The first-order chi connectivity index (χ1) is 5.37. The maximum atomic E-state index is 12.1. The summed E-state index contributed by atoms with van der Waals surface area (Å²) in [5.41, 5.74) is -2.45. The van der Waals surface area contributed by atoms with Gasteiger partial charge in [0.05, 0.1) is 0 Å². The van der Waals surface area contributed by atoms with Gasteiger partial charge in [0.25, 0.3) is 6.47 Å². The van der Waals surface area contributed by atoms with Crippen LogP contribution in [0, 0.1) is 0 Å². The Labute approximate surface area is 68.0 Å². The molecule has 12 heavy (non-hydrogen) atoms. The molecule has 0 aliphatic heterocycles. The minimum Gasteiger partial charge on any atom is -0.452 e. The van der Waals surface area contributed by atoms with E-state index in [2.05, 4.69) is 11.3 Å². The highest BCUT2D eigenvalue weighted by atomic mass is 19.4. The summed E-state index contributed by atoms with van der Waals surface area (Å²) in [4.78, 5) is 9.79. The summed E-state index contributed by atoms with van der Waals surface area (Å²) in [6.45, 7) is 3.73. The molecule has 2 nitrogen and oxygen atoms in total. The van der Waals surface area contributed by atoms with Crippen molar-refractivity contribution in [1.82, 2.24) is 0 Å². The first-order valence-corrected chi connectivity index (χ1v) is 3.16. The van der Waals surface area contributed by atoms with Crippen LogP contribution in [-0.2, 0) is 9.53 Å². The van der Waals surface area contributed by atoms with Crippen LogP contribution in [0.15, 0.2) is 12.7 Å². The molecule has 0 spiro atoms. The fourth-order valence-corrected chi connectivity index (χ4v) is 0.612. The molecule has 0 N–H and O–H groups in total. The molecule has 5 heteroatoms. The number of carbonyl (C=O) groups is 1. The van der Waals surface area contributed by atoms with E-state index in [1.54, 1.807) is 0 Å². The second-order valence-electron chi connectivity index (χ2n) is 2.44. The minimum absolute atomic E-state index is 0.211. The molecule has 0 amide bonds. The van der Waals surface area contributed by atoms with Crippen LogP contribution in [0.3, 0.4) is 0 Å². The summed E-state index contributed by atoms with van der Waals surface area (Å²) in [7, 11) is 0. The predicted octanol–water partition coefficient (Wildman–Crippen LogP) is 2.06. The molecule has 0 aromatic heterocycles. The largest absolute Gasteiger partial charge is 0.452 e. The van der Waals surface area contributed by atoms with Crippen molar-refractivity contribution >= 4 is 6.47 Å². The number of rotatable bonds is 4. The van der Waals surface area contributed by atoms with E-state index in [9.17, 15) is 18.0 Å². The third-order valence-corrected chi connectivity index (χ3v) is 1.44. The van der Waals surface area contributed by atoms with Gasteiger partial charge in [-0.05, 0) is 6.92 Å². The highest BCUT2D eigenvalue weighted by molar-refractivity contribution is 5.38. The van der Waals surface area contributed by atoms with Crippen molar-refractivity contribution in [2.75, 3.05) is 0 Å². The molecule has 0 aromatic rings. The third-order valence-electron chi connectivity index (χ3n) is 1.44. The van der Waals surface area contributed by atoms with Crippen LogP contribution in [0.1, 0.15) is 13.3 Å². The molecular weight excluding hydrogens is 173 g/mol. The van der Waals surface area contributed by atoms with Crippen molar-refractivity contribution in [3.8, 4) is 0 Å². The number of ether oxygens (including phenoxy) is 1. The Kier molecular flexibility index (Phi) is 3.30. The van der Waals surface area contributed by atoms with Gasteiger partial charge >= 0.3 is 6.18 Å². The lowest BCUT2D eigenvalue weighted by Gasteiger charge is -2.28. The first kappa shape index (κ1) is 11.0. The zero-order chi connectivity index (χ0) is 9.83. The Hall–Kier alpha value is -1.00. The second kappa shape index (κ2) is 3.60. The summed E-state index contributed by atoms with van der Waals surface area (Å²) in [5.74, 6) is 0. The molecule has 0 aliphatic carbocycles. The molecule has 0 heterocycles. The molecule has 0 bridgehead atoms. The van der Waals surface area contributed by atoms with E-state index >= 15 is 0 Å². The molecule has 0 aromatic carbocycles. The van der Waals surface area contributed by atoms with E-state index in [0.717, 1.165) is 13.0 Å². The van der Waals surface area contributed by atoms with Gasteiger partial charge in [-0.15, -0.1) is 6.58 Å². The molecule has 0 saturated heterocycles. The Morgan fingerprint density at radius 3 is 2.25 bits per heavy atom. The minimum atomic E-state index is -4.57. The molecule has 0 radical (unpaired) electrons. The molecule has 1 atom stereocenters. The van der Waals surface area contributed by atoms with E-state index in [1.165, 1.54) is 0 Å². The SMILES string of the molecule is C=CC[C@@](C)(OC=O)C(F)(F)F. The highest BCUT2D eigenvalue weighted by Gasteiger charge is 2.52. The Morgan fingerprint density at radius 1 is 1.50 bits per heavy atom. The number of hydrogen-bond donors (Lipinski definition) is 0. The van der Waals surface area contributed by atoms with Crippen molar-refractivity contribution in [2.45, 2.75) is 25.1 Å². The molecular formula is C7H9F3O2. The van der Waals surface area contributed by atoms with Crippen LogP contribution >= 0.6 is 0 Å². The standard InChI is InChI=1S/C7H9F3O2/c1-3-4-6(2,12-5-11)7(8,9)10/h3,5H,1,4H2,2H3/t6-/m1/s1. The van der Waals surface area contributed by atoms with Crippen molar-refractivity contribution in [1.29, 1.82) is 0 Å². The van der Waals surface area contributed by atoms with Gasteiger partial charge in [-0.25, -0.2) is 0 Å². The molecule has 70 valence electrons. The maximum Gasteiger partial charge on any atom is 0.428 e. The highest BCUT2D eigenvalue weighted by Crippen LogP contribution is 2.35. The van der Waals surface area contributed by atoms with E-state index in [-0.39, 0.29) is 6.47 Å². The topological polar surface area (TPSA) is 26.3 Å². The van der Waals surface area contributed by atoms with Crippen molar-refractivity contribution < 1.29 is 22.7 Å². The van der Waals surface area contributed by atoms with Gasteiger partial charge < -0.3 is 4.74 Å². The van der Waals surface area contributed by atoms with Crippen LogP contribution in [0.5, 0.6) is 0 Å². The molecule has 0 unspecified atom stereocenters. The molecule has 0 fully saturated rings. The van der Waals surface area contributed by atoms with Gasteiger partial charge in [-0.1, -0.05) is 6.08 Å². The van der Waals surface area contributed by atoms with Crippen LogP contribution in [0.2, 0.25) is 0 Å². The van der Waals surface area contributed by atoms with Crippen LogP contribution in [0.25, 0.3) is 0 Å². The average molecular weight is 182 g/mol. The number of alkyl halides is 3. The Morgan fingerprint density at radius 2 is 2.00 bits per heavy atom. The van der Waals surface area contributed by atoms with Gasteiger partial charge in [0, 0.05) is 6.42 Å². The summed E-state index contributed by atoms with van der Waals surface area (Å²) in [6.07, 6.45) is -3.96. The van der Waals surface area contributed by atoms with Gasteiger partial charge in [0.15, 0.2) is 0 Å². The number of hydrogen-bond acceptors (Lipinski definition) is 2. The van der Waals surface area contributed by atoms with Crippen molar-refractivity contribution in [3.63, 3.8) is 0 Å². The van der Waals surface area contributed by atoms with E-state index in [1.807, 2.05) is 0 Å². The maximum absolute atomic E-state index is 12.1. The van der Waals surface area contributed by atoms with Crippen molar-refractivity contribution in [3.05, 3.63) is 12.7 Å². The average Bonchev–Trinajstić information content (AvgIpc) is 1.86. The van der Waals surface area contributed by atoms with Crippen LogP contribution in [-0.4, -0.2) is 18.2 Å². The first-order valence-electron chi connectivity index (χ1n) is 3.16. The lowest BCUT2D eigenvalue weighted by molar-refractivity contribution is -0.256. The van der Waals surface area contributed by atoms with E-state index in [4.69, 9.17) is 0 Å². The summed E-state index contributed by atoms with van der Waals surface area (Å²) < 4.78 is 40.4. The van der Waals surface area contributed by atoms with Gasteiger partial charge in [0.1, 0.15) is 0 Å². The number of halogens is 3. The number of carbonyl (C=O) groups excluding carboxylic acids is 1. The normalized spacial score (nSPS) is 16.3. The zero-order valence-electron chi connectivity index (χ0n) is 6.52. The molecule has 0 saturated carbocycles. The van der Waals surface area contributed by atoms with Gasteiger partial charge in [-0.2, -0.15) is 13.2 Å². The van der Waals surface area contributed by atoms with Gasteiger partial charge in [0.2, 0.25) is 5.60 Å². The predicted molar refractivity (Wildman–Crippen MR) is 36.4 cm³/mol. The quantitative estimate of drug-likeness (QED) is 0.491. The van der Waals surface area contributed by atoms with Crippen molar-refractivity contribution in [2.24, 2.45) is 0 Å². The Balaban J connectivity index is 4.59. The van der Waals surface area contributed by atoms with Crippen LogP contribution in [0.4, 0.5) is 13.2 Å². The summed E-state index contributed by atoms with van der Waals surface area (Å²) >= 11 is 0. The lowest BCUT2D eigenvalue weighted by atomic mass is 10.0. The fraction of sp³-hybridized carbons (Fsp3) is 0.571. The monoisotopic (exact) mass is 182 g/mol. The second-order valence-corrected chi connectivity index (χ2v) is 2.44. The smallest absolute Gasteiger partial charge is 0.428 e. The Bertz CT molecular complexity index is 164. The molecule has 0 aliphatic rings. The fourth-order valence-electron chi connectivity index (χ4n) is 0.612.